The van der Waals surface area contributed by atoms with Crippen molar-refractivity contribution in [2.75, 3.05) is 0 Å². The molecule has 2 nitrogen and oxygen atoms in total. The van der Waals surface area contributed by atoms with Crippen LogP contribution in [-0.2, 0) is 9.53 Å². The van der Waals surface area contributed by atoms with E-state index in [0.717, 1.165) is 54.3 Å². The van der Waals surface area contributed by atoms with E-state index < -0.39 is 0 Å². The van der Waals surface area contributed by atoms with E-state index in [0.29, 0.717) is 10.8 Å². The lowest BCUT2D eigenvalue weighted by Crippen LogP contribution is -2.51. The van der Waals surface area contributed by atoms with Crippen molar-refractivity contribution >= 4 is 5.97 Å². The largest absolute Gasteiger partial charge is 0.462 e. The Morgan fingerprint density at radius 1 is 1.06 bits per heavy atom. The first-order chi connectivity index (χ1) is 15.6. The van der Waals surface area contributed by atoms with Gasteiger partial charge in [0, 0.05) is 13.3 Å². The number of rotatable bonds is 7. The van der Waals surface area contributed by atoms with Crippen molar-refractivity contribution in [2.45, 2.75) is 125 Å². The number of hydrogen-bond acceptors (Lipinski definition) is 2. The summed E-state index contributed by atoms with van der Waals surface area (Å²) in [6, 6.07) is 0. The van der Waals surface area contributed by atoms with Crippen molar-refractivity contribution < 1.29 is 9.53 Å². The van der Waals surface area contributed by atoms with E-state index in [9.17, 15) is 4.79 Å². The summed E-state index contributed by atoms with van der Waals surface area (Å²) in [5.74, 6) is 6.03. The highest BCUT2D eigenvalue weighted by Crippen LogP contribution is 2.67. The third kappa shape index (κ3) is 4.58. The Morgan fingerprint density at radius 2 is 1.82 bits per heavy atom. The summed E-state index contributed by atoms with van der Waals surface area (Å²) in [6.45, 7) is 16.6. The van der Waals surface area contributed by atoms with Crippen molar-refractivity contribution in [1.82, 2.24) is 0 Å². The molecule has 0 aliphatic heterocycles. The van der Waals surface area contributed by atoms with E-state index in [2.05, 4.69) is 47.6 Å². The standard InChI is InChI=1S/C31H52O2/c1-8-23(20(2)3)10-9-21(4)27-13-14-28-26-12-11-24-19-25(33-22(5)32)15-17-30(24,6)29(26)16-18-31(27,28)7/h11,20-21,23,25-29H,8-10,12-19H2,1-7H3/t21-,23-,25+,26+,27-,28+,29+,30+,31-/m1/s1. The molecule has 0 aromatic heterocycles. The zero-order valence-electron chi connectivity index (χ0n) is 22.8. The number of hydrogen-bond donors (Lipinski definition) is 0. The van der Waals surface area contributed by atoms with Crippen LogP contribution in [0.2, 0.25) is 0 Å². The topological polar surface area (TPSA) is 26.3 Å². The molecule has 0 N–H and O–H groups in total. The number of carbonyl (C=O) groups excluding carboxylic acids is 1. The second kappa shape index (κ2) is 9.69. The van der Waals surface area contributed by atoms with Crippen LogP contribution in [0.15, 0.2) is 11.6 Å². The molecule has 188 valence electrons. The third-order valence-corrected chi connectivity index (χ3v) is 11.6. The van der Waals surface area contributed by atoms with Gasteiger partial charge < -0.3 is 4.74 Å². The van der Waals surface area contributed by atoms with Crippen LogP contribution >= 0.6 is 0 Å². The zero-order chi connectivity index (χ0) is 24.0. The Kier molecular flexibility index (Phi) is 7.43. The molecule has 0 bridgehead atoms. The van der Waals surface area contributed by atoms with Gasteiger partial charge in [-0.15, -0.1) is 0 Å². The van der Waals surface area contributed by atoms with E-state index in [-0.39, 0.29) is 12.1 Å². The molecule has 0 unspecified atom stereocenters. The zero-order valence-corrected chi connectivity index (χ0v) is 22.8. The molecule has 0 aromatic rings. The summed E-state index contributed by atoms with van der Waals surface area (Å²) >= 11 is 0. The first-order valence-corrected chi connectivity index (χ1v) is 14.5. The minimum absolute atomic E-state index is 0.113. The molecule has 9 atom stereocenters. The van der Waals surface area contributed by atoms with Gasteiger partial charge in [0.05, 0.1) is 0 Å². The Morgan fingerprint density at radius 3 is 2.48 bits per heavy atom. The lowest BCUT2D eigenvalue weighted by atomic mass is 9.47. The van der Waals surface area contributed by atoms with Crippen LogP contribution in [-0.4, -0.2) is 12.1 Å². The van der Waals surface area contributed by atoms with E-state index in [1.165, 1.54) is 57.8 Å². The maximum absolute atomic E-state index is 11.5. The van der Waals surface area contributed by atoms with Gasteiger partial charge in [-0.1, -0.05) is 66.0 Å². The van der Waals surface area contributed by atoms with Gasteiger partial charge >= 0.3 is 5.97 Å². The lowest BCUT2D eigenvalue weighted by Gasteiger charge is -2.58. The summed E-state index contributed by atoms with van der Waals surface area (Å²) in [5, 5.41) is 0. The van der Waals surface area contributed by atoms with Crippen molar-refractivity contribution in [3.05, 3.63) is 11.6 Å². The number of fused-ring (bicyclic) bond motifs is 5. The molecular weight excluding hydrogens is 404 g/mol. The van der Waals surface area contributed by atoms with Crippen molar-refractivity contribution in [3.8, 4) is 0 Å². The Hall–Kier alpha value is -0.790. The molecule has 0 aromatic carbocycles. The minimum Gasteiger partial charge on any atom is -0.462 e. The average molecular weight is 457 g/mol. The van der Waals surface area contributed by atoms with Gasteiger partial charge in [-0.3, -0.25) is 4.79 Å². The van der Waals surface area contributed by atoms with Gasteiger partial charge in [0.25, 0.3) is 0 Å². The molecule has 3 saturated carbocycles. The molecule has 0 amide bonds. The molecule has 33 heavy (non-hydrogen) atoms. The average Bonchev–Trinajstić information content (AvgIpc) is 3.11. The first kappa shape index (κ1) is 25.3. The lowest BCUT2D eigenvalue weighted by molar-refractivity contribution is -0.148. The van der Waals surface area contributed by atoms with E-state index in [1.54, 1.807) is 12.5 Å². The normalized spacial score (nSPS) is 42.1. The quantitative estimate of drug-likeness (QED) is 0.283. The van der Waals surface area contributed by atoms with Crippen LogP contribution < -0.4 is 0 Å². The predicted octanol–water partition coefficient (Wildman–Crippen LogP) is 8.60. The Balaban J connectivity index is 1.46. The Bertz CT molecular complexity index is 737. The smallest absolute Gasteiger partial charge is 0.302 e. The summed E-state index contributed by atoms with van der Waals surface area (Å²) in [5.41, 5.74) is 2.51. The summed E-state index contributed by atoms with van der Waals surface area (Å²) < 4.78 is 5.63. The second-order valence-electron chi connectivity index (χ2n) is 13.4. The molecule has 4 rings (SSSR count). The van der Waals surface area contributed by atoms with E-state index in [1.807, 2.05) is 0 Å². The van der Waals surface area contributed by atoms with Crippen molar-refractivity contribution in [3.63, 3.8) is 0 Å². The number of allylic oxidation sites excluding steroid dienone is 1. The monoisotopic (exact) mass is 456 g/mol. The van der Waals surface area contributed by atoms with Crippen LogP contribution in [0, 0.1) is 52.3 Å². The molecule has 0 spiro atoms. The molecule has 2 heteroatoms. The summed E-state index contributed by atoms with van der Waals surface area (Å²) in [4.78, 5) is 11.5. The molecule has 4 aliphatic rings. The van der Waals surface area contributed by atoms with Gasteiger partial charge in [0.15, 0.2) is 0 Å². The van der Waals surface area contributed by atoms with Gasteiger partial charge in [-0.2, -0.15) is 0 Å². The third-order valence-electron chi connectivity index (χ3n) is 11.6. The summed E-state index contributed by atoms with van der Waals surface area (Å²) in [6.07, 6.45) is 17.2. The highest BCUT2D eigenvalue weighted by molar-refractivity contribution is 5.66. The van der Waals surface area contributed by atoms with Crippen LogP contribution in [0.4, 0.5) is 0 Å². The molecule has 0 heterocycles. The van der Waals surface area contributed by atoms with Gasteiger partial charge in [0.1, 0.15) is 6.10 Å². The number of esters is 1. The van der Waals surface area contributed by atoms with E-state index >= 15 is 0 Å². The first-order valence-electron chi connectivity index (χ1n) is 14.5. The maximum Gasteiger partial charge on any atom is 0.302 e. The van der Waals surface area contributed by atoms with Crippen LogP contribution in [0.5, 0.6) is 0 Å². The number of carbonyl (C=O) groups is 1. The number of ether oxygens (including phenoxy) is 1. The fourth-order valence-corrected chi connectivity index (χ4v) is 9.63. The molecule has 4 aliphatic carbocycles. The predicted molar refractivity (Wildman–Crippen MR) is 138 cm³/mol. The van der Waals surface area contributed by atoms with Gasteiger partial charge in [-0.25, -0.2) is 0 Å². The Labute approximate surface area is 204 Å². The highest BCUT2D eigenvalue weighted by atomic mass is 16.5. The molecule has 3 fully saturated rings. The maximum atomic E-state index is 11.5. The fourth-order valence-electron chi connectivity index (χ4n) is 9.63. The highest BCUT2D eigenvalue weighted by Gasteiger charge is 2.59. The molecule has 0 radical (unpaired) electrons. The SMILES string of the molecule is CC[C@H](CC[C@@H](C)[C@H]1CC[C@H]2[C@@H]3CC=C4C[C@@H](OC(C)=O)CC[C@]4(C)[C@H]3CC[C@]12C)C(C)C. The molecular formula is C31H52O2. The van der Waals surface area contributed by atoms with Crippen molar-refractivity contribution in [1.29, 1.82) is 0 Å². The van der Waals surface area contributed by atoms with Crippen LogP contribution in [0.25, 0.3) is 0 Å². The summed E-state index contributed by atoms with van der Waals surface area (Å²) in [7, 11) is 0. The van der Waals surface area contributed by atoms with Gasteiger partial charge in [0.2, 0.25) is 0 Å². The fraction of sp³-hybridized carbons (Fsp3) is 0.903. The van der Waals surface area contributed by atoms with Gasteiger partial charge in [-0.05, 0) is 104 Å². The minimum atomic E-state index is -0.115. The second-order valence-corrected chi connectivity index (χ2v) is 13.4. The van der Waals surface area contributed by atoms with Crippen LogP contribution in [0.3, 0.4) is 0 Å². The van der Waals surface area contributed by atoms with Crippen LogP contribution in [0.1, 0.15) is 119 Å². The van der Waals surface area contributed by atoms with Crippen molar-refractivity contribution in [2.24, 2.45) is 52.3 Å². The van der Waals surface area contributed by atoms with E-state index in [4.69, 9.17) is 4.74 Å². The molecule has 0 saturated heterocycles.